The first-order chi connectivity index (χ1) is 11.5. The SMILES string of the molecule is CCNC(=NCC1(C)CCCCC1O)NCCc1c(C)noc1C. The molecule has 0 saturated heterocycles. The van der Waals surface area contributed by atoms with Gasteiger partial charge in [0.25, 0.3) is 0 Å². The van der Waals surface area contributed by atoms with Gasteiger partial charge in [-0.25, -0.2) is 0 Å². The van der Waals surface area contributed by atoms with Crippen LogP contribution in [-0.2, 0) is 6.42 Å². The second-order valence-corrected chi connectivity index (χ2v) is 7.09. The van der Waals surface area contributed by atoms with Crippen LogP contribution in [-0.4, -0.2) is 42.0 Å². The minimum Gasteiger partial charge on any atom is -0.392 e. The van der Waals surface area contributed by atoms with Crippen molar-refractivity contribution in [3.63, 3.8) is 0 Å². The van der Waals surface area contributed by atoms with Crippen molar-refractivity contribution in [2.75, 3.05) is 19.6 Å². The number of aliphatic imine (C=N–C) groups is 1. The smallest absolute Gasteiger partial charge is 0.191 e. The summed E-state index contributed by atoms with van der Waals surface area (Å²) >= 11 is 0. The predicted octanol–water partition coefficient (Wildman–Crippen LogP) is 2.33. The Balaban J connectivity index is 1.91. The molecule has 1 aliphatic rings. The molecular weight excluding hydrogens is 304 g/mol. The van der Waals surface area contributed by atoms with Gasteiger partial charge < -0.3 is 20.3 Å². The van der Waals surface area contributed by atoms with Gasteiger partial charge in [-0.15, -0.1) is 0 Å². The highest BCUT2D eigenvalue weighted by Gasteiger charge is 2.35. The van der Waals surface area contributed by atoms with Crippen LogP contribution in [0.2, 0.25) is 0 Å². The summed E-state index contributed by atoms with van der Waals surface area (Å²) in [6, 6.07) is 0. The van der Waals surface area contributed by atoms with Gasteiger partial charge in [-0.2, -0.15) is 0 Å². The molecule has 2 atom stereocenters. The molecule has 0 radical (unpaired) electrons. The Kier molecular flexibility index (Phi) is 6.66. The van der Waals surface area contributed by atoms with E-state index < -0.39 is 0 Å². The zero-order valence-corrected chi connectivity index (χ0v) is 15.5. The Morgan fingerprint density at radius 1 is 1.38 bits per heavy atom. The Labute approximate surface area is 145 Å². The number of aliphatic hydroxyl groups is 1. The molecule has 0 aromatic carbocycles. The van der Waals surface area contributed by atoms with Gasteiger partial charge in [0.2, 0.25) is 0 Å². The average molecular weight is 336 g/mol. The van der Waals surface area contributed by atoms with Gasteiger partial charge >= 0.3 is 0 Å². The van der Waals surface area contributed by atoms with Crippen molar-refractivity contribution in [3.8, 4) is 0 Å². The Morgan fingerprint density at radius 2 is 2.17 bits per heavy atom. The lowest BCUT2D eigenvalue weighted by molar-refractivity contribution is 0.00716. The lowest BCUT2D eigenvalue weighted by atomic mass is 9.73. The quantitative estimate of drug-likeness (QED) is 0.548. The standard InChI is InChI=1S/C18H32N4O2/c1-5-19-17(20-11-9-15-13(2)22-24-14(15)3)21-12-18(4)10-7-6-8-16(18)23/h16,23H,5-12H2,1-4H3,(H2,19,20,21). The molecule has 6 heteroatoms. The van der Waals surface area contributed by atoms with Gasteiger partial charge in [0, 0.05) is 24.1 Å². The first kappa shape index (κ1) is 18.8. The van der Waals surface area contributed by atoms with E-state index in [4.69, 9.17) is 9.52 Å². The summed E-state index contributed by atoms with van der Waals surface area (Å²) in [5.74, 6) is 1.69. The van der Waals surface area contributed by atoms with Crippen molar-refractivity contribution in [3.05, 3.63) is 17.0 Å². The summed E-state index contributed by atoms with van der Waals surface area (Å²) in [4.78, 5) is 4.72. The lowest BCUT2D eigenvalue weighted by Crippen LogP contribution is -2.42. The molecule has 3 N–H and O–H groups in total. The summed E-state index contributed by atoms with van der Waals surface area (Å²) in [5.41, 5.74) is 2.00. The number of hydrogen-bond acceptors (Lipinski definition) is 4. The second kappa shape index (κ2) is 8.51. The van der Waals surface area contributed by atoms with Crippen molar-refractivity contribution >= 4 is 5.96 Å². The Hall–Kier alpha value is -1.56. The molecule has 2 rings (SSSR count). The fourth-order valence-electron chi connectivity index (χ4n) is 3.33. The lowest BCUT2D eigenvalue weighted by Gasteiger charge is -2.37. The number of aryl methyl sites for hydroxylation is 2. The fraction of sp³-hybridized carbons (Fsp3) is 0.778. The predicted molar refractivity (Wildman–Crippen MR) is 96.2 cm³/mol. The van der Waals surface area contributed by atoms with Crippen LogP contribution in [0.15, 0.2) is 9.52 Å². The Bertz CT molecular complexity index is 536. The zero-order valence-electron chi connectivity index (χ0n) is 15.5. The monoisotopic (exact) mass is 336 g/mol. The molecule has 0 amide bonds. The minimum absolute atomic E-state index is 0.109. The van der Waals surface area contributed by atoms with Crippen LogP contribution in [0.4, 0.5) is 0 Å². The van der Waals surface area contributed by atoms with Crippen molar-refractivity contribution in [1.29, 1.82) is 0 Å². The highest BCUT2D eigenvalue weighted by Crippen LogP contribution is 2.36. The highest BCUT2D eigenvalue weighted by molar-refractivity contribution is 5.79. The third-order valence-electron chi connectivity index (χ3n) is 5.07. The molecule has 2 unspecified atom stereocenters. The van der Waals surface area contributed by atoms with E-state index in [1.807, 2.05) is 13.8 Å². The highest BCUT2D eigenvalue weighted by atomic mass is 16.5. The maximum atomic E-state index is 10.3. The van der Waals surface area contributed by atoms with Crippen molar-refractivity contribution in [2.45, 2.75) is 65.9 Å². The largest absolute Gasteiger partial charge is 0.392 e. The zero-order chi connectivity index (χ0) is 17.6. The van der Waals surface area contributed by atoms with Crippen LogP contribution in [0.5, 0.6) is 0 Å². The number of hydrogen-bond donors (Lipinski definition) is 3. The first-order valence-corrected chi connectivity index (χ1v) is 9.08. The number of rotatable bonds is 6. The van der Waals surface area contributed by atoms with Gasteiger partial charge in [0.1, 0.15) is 5.76 Å². The number of nitrogens with one attached hydrogen (secondary N) is 2. The normalized spacial score (nSPS) is 24.9. The molecule has 1 heterocycles. The van der Waals surface area contributed by atoms with E-state index in [9.17, 15) is 5.11 Å². The summed E-state index contributed by atoms with van der Waals surface area (Å²) in [6.45, 7) is 10.4. The van der Waals surface area contributed by atoms with E-state index >= 15 is 0 Å². The number of aliphatic hydroxyl groups excluding tert-OH is 1. The Morgan fingerprint density at radius 3 is 2.79 bits per heavy atom. The van der Waals surface area contributed by atoms with Crippen LogP contribution >= 0.6 is 0 Å². The molecule has 1 aliphatic carbocycles. The average Bonchev–Trinajstić information content (AvgIpc) is 2.87. The fourth-order valence-corrected chi connectivity index (χ4v) is 3.33. The molecule has 1 fully saturated rings. The van der Waals surface area contributed by atoms with Crippen molar-refractivity contribution in [2.24, 2.45) is 10.4 Å². The van der Waals surface area contributed by atoms with Crippen LogP contribution < -0.4 is 10.6 Å². The van der Waals surface area contributed by atoms with Crippen LogP contribution in [0.3, 0.4) is 0 Å². The topological polar surface area (TPSA) is 82.7 Å². The van der Waals surface area contributed by atoms with Gasteiger partial charge in [0.05, 0.1) is 18.3 Å². The maximum absolute atomic E-state index is 10.3. The molecule has 24 heavy (non-hydrogen) atoms. The summed E-state index contributed by atoms with van der Waals surface area (Å²) in [7, 11) is 0. The van der Waals surface area contributed by atoms with E-state index in [1.54, 1.807) is 0 Å². The van der Waals surface area contributed by atoms with Crippen LogP contribution in [0.1, 0.15) is 56.5 Å². The van der Waals surface area contributed by atoms with Crippen LogP contribution in [0.25, 0.3) is 0 Å². The van der Waals surface area contributed by atoms with Gasteiger partial charge in [0.15, 0.2) is 5.96 Å². The van der Waals surface area contributed by atoms with E-state index in [2.05, 4.69) is 29.6 Å². The van der Waals surface area contributed by atoms with Crippen LogP contribution in [0, 0.1) is 19.3 Å². The molecule has 0 spiro atoms. The number of guanidine groups is 1. The molecule has 1 saturated carbocycles. The third-order valence-corrected chi connectivity index (χ3v) is 5.07. The molecule has 136 valence electrons. The van der Waals surface area contributed by atoms with Crippen molar-refractivity contribution in [1.82, 2.24) is 15.8 Å². The van der Waals surface area contributed by atoms with Gasteiger partial charge in [-0.1, -0.05) is 24.9 Å². The number of nitrogens with zero attached hydrogens (tertiary/aromatic N) is 2. The molecule has 0 bridgehead atoms. The van der Waals surface area contributed by atoms with E-state index in [1.165, 1.54) is 6.42 Å². The summed E-state index contributed by atoms with van der Waals surface area (Å²) < 4.78 is 5.20. The van der Waals surface area contributed by atoms with E-state index in [0.717, 1.165) is 61.7 Å². The molecular formula is C18H32N4O2. The second-order valence-electron chi connectivity index (χ2n) is 7.09. The molecule has 6 nitrogen and oxygen atoms in total. The minimum atomic E-state index is -0.250. The third kappa shape index (κ3) is 4.72. The molecule has 0 aliphatic heterocycles. The summed E-state index contributed by atoms with van der Waals surface area (Å²) in [5, 5.41) is 20.9. The number of aromatic nitrogens is 1. The van der Waals surface area contributed by atoms with Gasteiger partial charge in [-0.3, -0.25) is 4.99 Å². The molecule has 1 aromatic rings. The van der Waals surface area contributed by atoms with Crippen molar-refractivity contribution < 1.29 is 9.63 Å². The first-order valence-electron chi connectivity index (χ1n) is 9.08. The van der Waals surface area contributed by atoms with Gasteiger partial charge in [-0.05, 0) is 40.0 Å². The summed E-state index contributed by atoms with van der Waals surface area (Å²) in [6.07, 6.45) is 4.83. The van der Waals surface area contributed by atoms with E-state index in [-0.39, 0.29) is 11.5 Å². The maximum Gasteiger partial charge on any atom is 0.191 e. The van der Waals surface area contributed by atoms with E-state index in [0.29, 0.717) is 6.54 Å². The molecule has 1 aromatic heterocycles.